The largest absolute Gasteiger partial charge is 0.264 e. The highest BCUT2D eigenvalue weighted by Crippen LogP contribution is 2.33. The fourth-order valence-corrected chi connectivity index (χ4v) is 4.67. The van der Waals surface area contributed by atoms with E-state index in [1.165, 1.54) is 40.1 Å². The van der Waals surface area contributed by atoms with Crippen LogP contribution in [0.25, 0.3) is 16.2 Å². The second-order valence-corrected chi connectivity index (χ2v) is 9.23. The van der Waals surface area contributed by atoms with Gasteiger partial charge in [0.25, 0.3) is 16.0 Å². The molecule has 2 aromatic heterocycles. The molecule has 0 saturated carbocycles. The molecule has 138 valence electrons. The van der Waals surface area contributed by atoms with Crippen LogP contribution in [0.3, 0.4) is 0 Å². The van der Waals surface area contributed by atoms with Crippen LogP contribution >= 0.6 is 46.1 Å². The van der Waals surface area contributed by atoms with Crippen LogP contribution < -0.4 is 4.72 Å². The van der Waals surface area contributed by atoms with E-state index < -0.39 is 10.0 Å². The zero-order valence-electron chi connectivity index (χ0n) is 13.2. The lowest BCUT2D eigenvalue weighted by atomic mass is 10.2. The third-order valence-corrected chi connectivity index (χ3v) is 6.61. The van der Waals surface area contributed by atoms with Crippen molar-refractivity contribution in [2.45, 2.75) is 4.90 Å². The first-order valence-electron chi connectivity index (χ1n) is 7.41. The van der Waals surface area contributed by atoms with Crippen LogP contribution in [0.1, 0.15) is 0 Å². The number of nitrogens with one attached hydrogen (secondary N) is 1. The highest BCUT2D eigenvalue weighted by molar-refractivity contribution is 7.92. The van der Waals surface area contributed by atoms with Crippen LogP contribution in [0.5, 0.6) is 0 Å². The van der Waals surface area contributed by atoms with Gasteiger partial charge < -0.3 is 0 Å². The molecular weight excluding hydrogens is 451 g/mol. The molecular formula is C16H9Cl3N4O2S2. The molecule has 6 nitrogen and oxygen atoms in total. The number of anilines is 1. The van der Waals surface area contributed by atoms with E-state index in [1.54, 1.807) is 18.2 Å². The number of benzene rings is 2. The Morgan fingerprint density at radius 3 is 2.44 bits per heavy atom. The molecule has 27 heavy (non-hydrogen) atoms. The molecule has 0 aliphatic heterocycles. The van der Waals surface area contributed by atoms with E-state index in [4.69, 9.17) is 34.8 Å². The van der Waals surface area contributed by atoms with Gasteiger partial charge in [0, 0.05) is 21.0 Å². The Balaban J connectivity index is 1.72. The van der Waals surface area contributed by atoms with Crippen molar-refractivity contribution in [3.05, 3.63) is 62.9 Å². The third kappa shape index (κ3) is 3.63. The first kappa shape index (κ1) is 18.5. The van der Waals surface area contributed by atoms with E-state index in [-0.39, 0.29) is 10.8 Å². The van der Waals surface area contributed by atoms with Gasteiger partial charge in [-0.05, 0) is 42.5 Å². The zero-order chi connectivity index (χ0) is 19.2. The highest BCUT2D eigenvalue weighted by atomic mass is 35.5. The minimum absolute atomic E-state index is 0.0452. The number of sulfonamides is 1. The lowest BCUT2D eigenvalue weighted by molar-refractivity contribution is 0.601. The summed E-state index contributed by atoms with van der Waals surface area (Å²) in [4.78, 5) is 4.78. The van der Waals surface area contributed by atoms with Crippen molar-refractivity contribution in [3.63, 3.8) is 0 Å². The third-order valence-electron chi connectivity index (χ3n) is 3.64. The number of fused-ring (bicyclic) bond motifs is 1. The van der Waals surface area contributed by atoms with E-state index in [1.807, 2.05) is 5.38 Å². The van der Waals surface area contributed by atoms with Crippen LogP contribution in [0.4, 0.5) is 5.95 Å². The molecule has 0 fully saturated rings. The summed E-state index contributed by atoms with van der Waals surface area (Å²) in [6, 6.07) is 10.9. The Bertz CT molecular complexity index is 1250. The van der Waals surface area contributed by atoms with Crippen LogP contribution in [-0.2, 0) is 10.0 Å². The first-order chi connectivity index (χ1) is 12.8. The van der Waals surface area contributed by atoms with Crippen molar-refractivity contribution in [1.82, 2.24) is 14.6 Å². The highest BCUT2D eigenvalue weighted by Gasteiger charge is 2.19. The molecule has 2 heterocycles. The maximum Gasteiger partial charge on any atom is 0.264 e. The summed E-state index contributed by atoms with van der Waals surface area (Å²) in [7, 11) is -3.84. The van der Waals surface area contributed by atoms with E-state index in [9.17, 15) is 8.42 Å². The topological polar surface area (TPSA) is 76.4 Å². The lowest BCUT2D eigenvalue weighted by Gasteiger charge is -2.05. The molecule has 0 bridgehead atoms. The number of nitrogens with zero attached hydrogens (tertiary/aromatic N) is 3. The predicted molar refractivity (Wildman–Crippen MR) is 109 cm³/mol. The fraction of sp³-hybridized carbons (Fsp3) is 0. The van der Waals surface area contributed by atoms with Gasteiger partial charge >= 0.3 is 0 Å². The maximum absolute atomic E-state index is 12.5. The van der Waals surface area contributed by atoms with Crippen LogP contribution in [0.2, 0.25) is 15.1 Å². The number of halogens is 3. The molecule has 0 aliphatic rings. The zero-order valence-corrected chi connectivity index (χ0v) is 17.1. The Kier molecular flexibility index (Phi) is 4.77. The van der Waals surface area contributed by atoms with E-state index in [2.05, 4.69) is 14.8 Å². The summed E-state index contributed by atoms with van der Waals surface area (Å²) in [6.07, 6.45) is 0. The van der Waals surface area contributed by atoms with Crippen LogP contribution in [-0.4, -0.2) is 23.0 Å². The summed E-state index contributed by atoms with van der Waals surface area (Å²) in [5, 5.41) is 7.54. The van der Waals surface area contributed by atoms with Crippen LogP contribution in [0.15, 0.2) is 52.7 Å². The van der Waals surface area contributed by atoms with Gasteiger partial charge in [0.2, 0.25) is 4.96 Å². The van der Waals surface area contributed by atoms with Gasteiger partial charge in [-0.15, -0.1) is 16.4 Å². The molecule has 0 aliphatic carbocycles. The summed E-state index contributed by atoms with van der Waals surface area (Å²) < 4.78 is 28.9. The predicted octanol–water partition coefficient (Wildman–Crippen LogP) is 5.22. The Morgan fingerprint density at radius 2 is 1.70 bits per heavy atom. The number of aromatic nitrogens is 3. The quantitative estimate of drug-likeness (QED) is 0.454. The Morgan fingerprint density at radius 1 is 1.00 bits per heavy atom. The average Bonchev–Trinajstić information content (AvgIpc) is 3.17. The van der Waals surface area contributed by atoms with Crippen molar-refractivity contribution in [2.75, 3.05) is 4.72 Å². The summed E-state index contributed by atoms with van der Waals surface area (Å²) in [5.41, 5.74) is 1.33. The maximum atomic E-state index is 12.5. The van der Waals surface area contributed by atoms with Gasteiger partial charge in [0.1, 0.15) is 0 Å². The molecule has 2 aromatic carbocycles. The first-order valence-corrected chi connectivity index (χ1v) is 10.9. The average molecular weight is 460 g/mol. The number of rotatable bonds is 4. The molecule has 1 N–H and O–H groups in total. The van der Waals surface area contributed by atoms with Gasteiger partial charge in [0.15, 0.2) is 0 Å². The summed E-state index contributed by atoms with van der Waals surface area (Å²) >= 11 is 19.4. The van der Waals surface area contributed by atoms with Crippen molar-refractivity contribution in [2.24, 2.45) is 0 Å². The minimum Gasteiger partial charge on any atom is -0.246 e. The smallest absolute Gasteiger partial charge is 0.246 e. The molecule has 0 saturated heterocycles. The van der Waals surface area contributed by atoms with Gasteiger partial charge in [-0.3, -0.25) is 0 Å². The Labute approximate surface area is 173 Å². The molecule has 0 atom stereocenters. The summed E-state index contributed by atoms with van der Waals surface area (Å²) in [6.45, 7) is 0. The van der Waals surface area contributed by atoms with Gasteiger partial charge in [-0.25, -0.2) is 17.7 Å². The number of hydrogen-bond donors (Lipinski definition) is 1. The molecule has 0 unspecified atom stereocenters. The lowest BCUT2D eigenvalue weighted by Crippen LogP contribution is -2.14. The SMILES string of the molecule is O=S(=O)(Nc1nc2scc(-c3cc(Cl)ccc3Cl)n2n1)c1ccc(Cl)cc1. The summed E-state index contributed by atoms with van der Waals surface area (Å²) in [5.74, 6) is -0.0452. The molecule has 0 amide bonds. The second-order valence-electron chi connectivity index (χ2n) is 5.43. The molecule has 4 aromatic rings. The van der Waals surface area contributed by atoms with E-state index >= 15 is 0 Å². The van der Waals surface area contributed by atoms with Gasteiger partial charge in [-0.1, -0.05) is 34.8 Å². The molecule has 4 rings (SSSR count). The fourth-order valence-electron chi connectivity index (χ4n) is 2.40. The van der Waals surface area contributed by atoms with Crippen molar-refractivity contribution >= 4 is 67.1 Å². The standard InChI is InChI=1S/C16H9Cl3N4O2S2/c17-9-1-4-11(5-2-9)27(24,25)22-15-20-16-23(21-15)14(8-26-16)12-7-10(18)3-6-13(12)19/h1-8H,(H,21,22). The van der Waals surface area contributed by atoms with Crippen molar-refractivity contribution in [1.29, 1.82) is 0 Å². The van der Waals surface area contributed by atoms with E-state index in [0.29, 0.717) is 31.3 Å². The minimum atomic E-state index is -3.84. The van der Waals surface area contributed by atoms with Crippen LogP contribution in [0, 0.1) is 0 Å². The number of thiazole rings is 1. The second kappa shape index (κ2) is 6.96. The Hall–Kier alpha value is -1.84. The van der Waals surface area contributed by atoms with Gasteiger partial charge in [0.05, 0.1) is 15.6 Å². The normalized spacial score (nSPS) is 11.8. The van der Waals surface area contributed by atoms with Gasteiger partial charge in [-0.2, -0.15) is 4.98 Å². The number of hydrogen-bond acceptors (Lipinski definition) is 5. The molecule has 0 radical (unpaired) electrons. The van der Waals surface area contributed by atoms with E-state index in [0.717, 1.165) is 0 Å². The molecule has 11 heteroatoms. The monoisotopic (exact) mass is 458 g/mol. The molecule has 0 spiro atoms. The van der Waals surface area contributed by atoms with Crippen molar-refractivity contribution in [3.8, 4) is 11.3 Å². The van der Waals surface area contributed by atoms with Crippen molar-refractivity contribution < 1.29 is 8.42 Å².